The van der Waals surface area contributed by atoms with Crippen molar-refractivity contribution in [3.8, 4) is 0 Å². The van der Waals surface area contributed by atoms with Crippen molar-refractivity contribution in [3.05, 3.63) is 12.2 Å². The lowest BCUT2D eigenvalue weighted by molar-refractivity contribution is -0.143. The van der Waals surface area contributed by atoms with E-state index in [1.165, 1.54) is 308 Å². The van der Waals surface area contributed by atoms with E-state index in [0.29, 0.717) is 19.6 Å². The van der Waals surface area contributed by atoms with Crippen LogP contribution in [0.15, 0.2) is 12.2 Å². The predicted molar refractivity (Wildman–Crippen MR) is 273 cm³/mol. The molecule has 3 heteroatoms. The number of rotatable bonds is 55. The van der Waals surface area contributed by atoms with Crippen LogP contribution in [0.5, 0.6) is 0 Å². The Labute approximate surface area is 385 Å². The van der Waals surface area contributed by atoms with Crippen LogP contribution in [-0.4, -0.2) is 24.3 Å². The third kappa shape index (κ3) is 57.2. The summed E-state index contributed by atoms with van der Waals surface area (Å²) in [5, 5.41) is 8.83. The summed E-state index contributed by atoms with van der Waals surface area (Å²) in [5.74, 6) is 0.0246. The van der Waals surface area contributed by atoms with Gasteiger partial charge in [-0.2, -0.15) is 0 Å². The molecule has 0 bridgehead atoms. The van der Waals surface area contributed by atoms with Crippen molar-refractivity contribution in [2.24, 2.45) is 0 Å². The van der Waals surface area contributed by atoms with Crippen molar-refractivity contribution in [2.45, 2.75) is 341 Å². The van der Waals surface area contributed by atoms with Crippen LogP contribution in [0.4, 0.5) is 0 Å². The number of hydrogen-bond acceptors (Lipinski definition) is 3. The van der Waals surface area contributed by atoms with E-state index in [0.717, 1.165) is 19.3 Å². The van der Waals surface area contributed by atoms with Gasteiger partial charge < -0.3 is 9.84 Å². The number of aliphatic hydroxyl groups is 1. The summed E-state index contributed by atoms with van der Waals surface area (Å²) in [5.41, 5.74) is 0. The number of hydrogen-bond donors (Lipinski definition) is 1. The monoisotopic (exact) mass is 859 g/mol. The molecule has 0 heterocycles. The minimum absolute atomic E-state index is 0.0246. The Hall–Kier alpha value is -0.830. The van der Waals surface area contributed by atoms with Crippen molar-refractivity contribution in [1.82, 2.24) is 0 Å². The molecule has 0 aliphatic heterocycles. The Morgan fingerprint density at radius 1 is 0.311 bits per heavy atom. The van der Waals surface area contributed by atoms with Crippen molar-refractivity contribution in [2.75, 3.05) is 13.2 Å². The van der Waals surface area contributed by atoms with Crippen molar-refractivity contribution >= 4 is 5.97 Å². The van der Waals surface area contributed by atoms with Crippen LogP contribution in [0.3, 0.4) is 0 Å². The maximum absolute atomic E-state index is 12.1. The van der Waals surface area contributed by atoms with Crippen molar-refractivity contribution < 1.29 is 14.6 Å². The van der Waals surface area contributed by atoms with E-state index in [2.05, 4.69) is 19.1 Å². The van der Waals surface area contributed by atoms with Gasteiger partial charge in [0, 0.05) is 13.0 Å². The van der Waals surface area contributed by atoms with Crippen LogP contribution in [0.1, 0.15) is 341 Å². The molecule has 0 aliphatic rings. The second kappa shape index (κ2) is 57.2. The van der Waals surface area contributed by atoms with E-state index in [1.807, 2.05) is 0 Å². The van der Waals surface area contributed by atoms with E-state index < -0.39 is 0 Å². The molecular formula is C58H114O3. The number of carbonyl (C=O) groups is 1. The number of ether oxygens (including phenoxy) is 1. The van der Waals surface area contributed by atoms with Gasteiger partial charge in [-0.25, -0.2) is 0 Å². The average Bonchev–Trinajstić information content (AvgIpc) is 3.27. The average molecular weight is 860 g/mol. The molecule has 0 radical (unpaired) electrons. The summed E-state index contributed by atoms with van der Waals surface area (Å²) in [6.45, 7) is 3.28. The molecule has 0 aliphatic carbocycles. The second-order valence-corrected chi connectivity index (χ2v) is 19.7. The summed E-state index contributed by atoms with van der Waals surface area (Å²) in [4.78, 5) is 12.1. The van der Waals surface area contributed by atoms with Gasteiger partial charge in [0.05, 0.1) is 6.61 Å². The standard InChI is InChI=1S/C58H114O3/c1-2-3-4-5-6-7-8-9-10-31-34-37-40-43-46-49-52-55-58(60)61-57-54-51-48-45-42-39-36-33-30-28-26-24-22-20-18-16-14-12-11-13-15-17-19-21-23-25-27-29-32-35-38-41-44-47-50-53-56-59/h9-10,59H,2-8,11-57H2,1H3. The first kappa shape index (κ1) is 60.2. The number of aliphatic hydroxyl groups excluding tert-OH is 1. The molecule has 1 N–H and O–H groups in total. The topological polar surface area (TPSA) is 46.5 Å². The molecule has 0 fully saturated rings. The fraction of sp³-hybridized carbons (Fsp3) is 0.948. The van der Waals surface area contributed by atoms with Crippen LogP contribution in [-0.2, 0) is 9.53 Å². The highest BCUT2D eigenvalue weighted by atomic mass is 16.5. The Balaban J connectivity index is 3.14. The van der Waals surface area contributed by atoms with Crippen LogP contribution in [0.2, 0.25) is 0 Å². The normalized spacial score (nSPS) is 11.7. The maximum atomic E-state index is 12.1. The van der Waals surface area contributed by atoms with E-state index in [-0.39, 0.29) is 5.97 Å². The van der Waals surface area contributed by atoms with Crippen LogP contribution < -0.4 is 0 Å². The van der Waals surface area contributed by atoms with E-state index in [1.54, 1.807) is 0 Å². The number of esters is 1. The first-order valence-corrected chi connectivity index (χ1v) is 28.7. The molecule has 0 unspecified atom stereocenters. The lowest BCUT2D eigenvalue weighted by Gasteiger charge is -2.06. The van der Waals surface area contributed by atoms with Gasteiger partial charge in [-0.05, 0) is 44.9 Å². The molecule has 61 heavy (non-hydrogen) atoms. The zero-order chi connectivity index (χ0) is 43.9. The lowest BCUT2D eigenvalue weighted by atomic mass is 10.0. The summed E-state index contributed by atoms with van der Waals surface area (Å²) in [6.07, 6.45) is 75.5. The first-order valence-electron chi connectivity index (χ1n) is 28.7. The molecule has 0 spiro atoms. The smallest absolute Gasteiger partial charge is 0.305 e. The predicted octanol–water partition coefficient (Wildman–Crippen LogP) is 20.4. The summed E-state index contributed by atoms with van der Waals surface area (Å²) in [7, 11) is 0. The number of carbonyl (C=O) groups excluding carboxylic acids is 1. The minimum Gasteiger partial charge on any atom is -0.466 e. The quantitative estimate of drug-likeness (QED) is 0.0377. The van der Waals surface area contributed by atoms with Crippen LogP contribution >= 0.6 is 0 Å². The van der Waals surface area contributed by atoms with Crippen molar-refractivity contribution in [1.29, 1.82) is 0 Å². The molecule has 0 rings (SSSR count). The minimum atomic E-state index is 0.0246. The summed E-state index contributed by atoms with van der Waals surface area (Å²) >= 11 is 0. The molecule has 0 atom stereocenters. The SMILES string of the molecule is CCCCCCCCC=CCCCCCCCCCC(=O)OCCCCCCCCCCCCCCCCCCCCCCCCCCCCCCCCCCCCCCO. The number of unbranched alkanes of at least 4 members (excludes halogenated alkanes) is 48. The highest BCUT2D eigenvalue weighted by molar-refractivity contribution is 5.69. The molecule has 0 amide bonds. The van der Waals surface area contributed by atoms with E-state index >= 15 is 0 Å². The van der Waals surface area contributed by atoms with E-state index in [9.17, 15) is 4.79 Å². The highest BCUT2D eigenvalue weighted by Gasteiger charge is 2.03. The van der Waals surface area contributed by atoms with Gasteiger partial charge in [0.15, 0.2) is 0 Å². The lowest BCUT2D eigenvalue weighted by Crippen LogP contribution is -2.05. The maximum Gasteiger partial charge on any atom is 0.305 e. The molecule has 0 saturated heterocycles. The second-order valence-electron chi connectivity index (χ2n) is 19.7. The summed E-state index contributed by atoms with van der Waals surface area (Å²) in [6, 6.07) is 0. The highest BCUT2D eigenvalue weighted by Crippen LogP contribution is 2.18. The fourth-order valence-electron chi connectivity index (χ4n) is 9.18. The molecular weight excluding hydrogens is 745 g/mol. The molecule has 0 aromatic heterocycles. The fourth-order valence-corrected chi connectivity index (χ4v) is 9.18. The Morgan fingerprint density at radius 3 is 0.820 bits per heavy atom. The third-order valence-corrected chi connectivity index (χ3v) is 13.5. The van der Waals surface area contributed by atoms with Gasteiger partial charge in [0.2, 0.25) is 0 Å². The molecule has 0 saturated carbocycles. The van der Waals surface area contributed by atoms with Crippen molar-refractivity contribution in [3.63, 3.8) is 0 Å². The van der Waals surface area contributed by atoms with Gasteiger partial charge in [-0.3, -0.25) is 4.79 Å². The third-order valence-electron chi connectivity index (χ3n) is 13.5. The Morgan fingerprint density at radius 2 is 0.541 bits per heavy atom. The van der Waals surface area contributed by atoms with Gasteiger partial charge in [0.25, 0.3) is 0 Å². The Kier molecular flexibility index (Phi) is 56.4. The largest absolute Gasteiger partial charge is 0.466 e. The van der Waals surface area contributed by atoms with E-state index in [4.69, 9.17) is 9.84 Å². The zero-order valence-electron chi connectivity index (χ0n) is 42.1. The van der Waals surface area contributed by atoms with Gasteiger partial charge in [0.1, 0.15) is 0 Å². The van der Waals surface area contributed by atoms with Gasteiger partial charge >= 0.3 is 5.97 Å². The molecule has 0 aromatic rings. The summed E-state index contributed by atoms with van der Waals surface area (Å²) < 4.78 is 5.50. The molecule has 3 nitrogen and oxygen atoms in total. The van der Waals surface area contributed by atoms with Gasteiger partial charge in [-0.1, -0.05) is 302 Å². The molecule has 364 valence electrons. The Bertz CT molecular complexity index is 807. The number of allylic oxidation sites excluding steroid dienone is 2. The molecule has 0 aromatic carbocycles. The van der Waals surface area contributed by atoms with Crippen LogP contribution in [0, 0.1) is 0 Å². The zero-order valence-corrected chi connectivity index (χ0v) is 42.1. The first-order chi connectivity index (χ1) is 30.3. The van der Waals surface area contributed by atoms with Crippen LogP contribution in [0.25, 0.3) is 0 Å². The van der Waals surface area contributed by atoms with Gasteiger partial charge in [-0.15, -0.1) is 0 Å².